The lowest BCUT2D eigenvalue weighted by Gasteiger charge is -2.32. The van der Waals surface area contributed by atoms with Gasteiger partial charge in [0.2, 0.25) is 0 Å². The van der Waals surface area contributed by atoms with Crippen molar-refractivity contribution in [2.75, 3.05) is 7.11 Å². The van der Waals surface area contributed by atoms with E-state index in [1.54, 1.807) is 6.07 Å². The maximum atomic E-state index is 13.7. The summed E-state index contributed by atoms with van der Waals surface area (Å²) in [5.74, 6) is -1.63. The average Bonchev–Trinajstić information content (AvgIpc) is 2.62. The number of rotatable bonds is 6. The smallest absolute Gasteiger partial charge is 0.311 e. The molecule has 0 spiro atoms. The van der Waals surface area contributed by atoms with Crippen LogP contribution in [0.25, 0.3) is 0 Å². The molecule has 140 valence electrons. The molecule has 0 bridgehead atoms. The lowest BCUT2D eigenvalue weighted by molar-refractivity contribution is -0.154. The standard InChI is InChI=1S/C19H23FN2O4/c1-13(18(24)22-19(12-21)8-4-3-5-9-19)26-17(23)11-14-6-7-16(25-2)15(20)10-14/h6-7,10,13H,3-5,8-9,11H2,1-2H3,(H,22,24)/t13-/m1/s1. The highest BCUT2D eigenvalue weighted by Crippen LogP contribution is 2.27. The van der Waals surface area contributed by atoms with Crippen LogP contribution in [0.3, 0.4) is 0 Å². The minimum atomic E-state index is -1.03. The Morgan fingerprint density at radius 3 is 2.62 bits per heavy atom. The third-order valence-electron chi connectivity index (χ3n) is 4.53. The second-order valence-electron chi connectivity index (χ2n) is 6.52. The molecule has 1 aromatic rings. The minimum Gasteiger partial charge on any atom is -0.494 e. The predicted molar refractivity (Wildman–Crippen MR) is 91.8 cm³/mol. The van der Waals surface area contributed by atoms with Gasteiger partial charge < -0.3 is 14.8 Å². The molecule has 1 aliphatic carbocycles. The molecule has 1 saturated carbocycles. The minimum absolute atomic E-state index is 0.0872. The van der Waals surface area contributed by atoms with E-state index in [0.717, 1.165) is 19.3 Å². The molecule has 1 aliphatic rings. The Labute approximate surface area is 152 Å². The lowest BCUT2D eigenvalue weighted by atomic mass is 9.83. The van der Waals surface area contributed by atoms with Gasteiger partial charge in [-0.15, -0.1) is 0 Å². The van der Waals surface area contributed by atoms with E-state index in [-0.39, 0.29) is 12.2 Å². The van der Waals surface area contributed by atoms with Gasteiger partial charge in [-0.05, 0) is 37.5 Å². The lowest BCUT2D eigenvalue weighted by Crippen LogP contribution is -2.52. The van der Waals surface area contributed by atoms with E-state index < -0.39 is 29.3 Å². The summed E-state index contributed by atoms with van der Waals surface area (Å²) in [5, 5.41) is 12.1. The number of methoxy groups -OCH3 is 1. The summed E-state index contributed by atoms with van der Waals surface area (Å²) >= 11 is 0. The number of nitrogens with one attached hydrogen (secondary N) is 1. The summed E-state index contributed by atoms with van der Waals surface area (Å²) in [6, 6.07) is 6.36. The molecule has 0 aromatic heterocycles. The van der Waals surface area contributed by atoms with Crippen molar-refractivity contribution in [3.05, 3.63) is 29.6 Å². The van der Waals surface area contributed by atoms with Crippen molar-refractivity contribution in [1.82, 2.24) is 5.32 Å². The number of amides is 1. The molecule has 1 amide bonds. The van der Waals surface area contributed by atoms with Crippen molar-refractivity contribution in [3.8, 4) is 11.8 Å². The number of carbonyl (C=O) groups excluding carboxylic acids is 2. The first-order valence-corrected chi connectivity index (χ1v) is 8.64. The average molecular weight is 362 g/mol. The topological polar surface area (TPSA) is 88.4 Å². The number of halogens is 1. The molecule has 0 aliphatic heterocycles. The summed E-state index contributed by atoms with van der Waals surface area (Å²) in [4.78, 5) is 24.3. The molecular formula is C19H23FN2O4. The highest BCUT2D eigenvalue weighted by atomic mass is 19.1. The highest BCUT2D eigenvalue weighted by molar-refractivity contribution is 5.84. The van der Waals surface area contributed by atoms with Crippen LogP contribution in [-0.2, 0) is 20.7 Å². The first kappa shape index (κ1) is 19.7. The number of esters is 1. The van der Waals surface area contributed by atoms with Gasteiger partial charge in [-0.1, -0.05) is 25.3 Å². The molecule has 1 aromatic carbocycles. The number of hydrogen-bond acceptors (Lipinski definition) is 5. The molecule has 0 unspecified atom stereocenters. The fourth-order valence-corrected chi connectivity index (χ4v) is 3.04. The number of ether oxygens (including phenoxy) is 2. The van der Waals surface area contributed by atoms with E-state index in [1.165, 1.54) is 26.2 Å². The van der Waals surface area contributed by atoms with Crippen LogP contribution in [0.4, 0.5) is 4.39 Å². The predicted octanol–water partition coefficient (Wildman–Crippen LogP) is 2.65. The molecule has 1 atom stereocenters. The number of carbonyl (C=O) groups is 2. The molecule has 7 heteroatoms. The number of benzene rings is 1. The molecule has 6 nitrogen and oxygen atoms in total. The van der Waals surface area contributed by atoms with Gasteiger partial charge >= 0.3 is 5.97 Å². The van der Waals surface area contributed by atoms with E-state index in [2.05, 4.69) is 11.4 Å². The highest BCUT2D eigenvalue weighted by Gasteiger charge is 2.35. The van der Waals surface area contributed by atoms with Crippen molar-refractivity contribution < 1.29 is 23.5 Å². The van der Waals surface area contributed by atoms with Crippen molar-refractivity contribution in [2.45, 2.75) is 57.1 Å². The fraction of sp³-hybridized carbons (Fsp3) is 0.526. The van der Waals surface area contributed by atoms with Crippen LogP contribution in [0.5, 0.6) is 5.75 Å². The van der Waals surface area contributed by atoms with E-state index in [0.29, 0.717) is 18.4 Å². The maximum absolute atomic E-state index is 13.7. The van der Waals surface area contributed by atoms with Crippen LogP contribution in [0.15, 0.2) is 18.2 Å². The molecule has 1 N–H and O–H groups in total. The molecule has 2 rings (SSSR count). The van der Waals surface area contributed by atoms with Crippen LogP contribution in [-0.4, -0.2) is 30.6 Å². The summed E-state index contributed by atoms with van der Waals surface area (Å²) in [6.07, 6.45) is 2.81. The summed E-state index contributed by atoms with van der Waals surface area (Å²) in [6.45, 7) is 1.45. The van der Waals surface area contributed by atoms with Gasteiger partial charge in [-0.2, -0.15) is 5.26 Å². The van der Waals surface area contributed by atoms with Crippen LogP contribution in [0.2, 0.25) is 0 Å². The maximum Gasteiger partial charge on any atom is 0.311 e. The van der Waals surface area contributed by atoms with Gasteiger partial charge in [0.15, 0.2) is 17.7 Å². The van der Waals surface area contributed by atoms with E-state index in [4.69, 9.17) is 9.47 Å². The van der Waals surface area contributed by atoms with Crippen molar-refractivity contribution in [1.29, 1.82) is 5.26 Å². The van der Waals surface area contributed by atoms with Crippen LogP contribution in [0, 0.1) is 17.1 Å². The normalized spacial score (nSPS) is 16.8. The molecule has 0 radical (unpaired) electrons. The Morgan fingerprint density at radius 2 is 2.04 bits per heavy atom. The largest absolute Gasteiger partial charge is 0.494 e. The van der Waals surface area contributed by atoms with Gasteiger partial charge in [0.1, 0.15) is 5.54 Å². The molecule has 26 heavy (non-hydrogen) atoms. The van der Waals surface area contributed by atoms with Gasteiger partial charge in [0.25, 0.3) is 5.91 Å². The molecule has 1 fully saturated rings. The third-order valence-corrected chi connectivity index (χ3v) is 4.53. The molecule has 0 heterocycles. The van der Waals surface area contributed by atoms with Gasteiger partial charge in [0.05, 0.1) is 19.6 Å². The van der Waals surface area contributed by atoms with E-state index in [1.807, 2.05) is 0 Å². The van der Waals surface area contributed by atoms with Crippen LogP contribution in [0.1, 0.15) is 44.6 Å². The Bertz CT molecular complexity index is 708. The Balaban J connectivity index is 1.90. The van der Waals surface area contributed by atoms with Crippen LogP contribution < -0.4 is 10.1 Å². The van der Waals surface area contributed by atoms with Crippen molar-refractivity contribution >= 4 is 11.9 Å². The van der Waals surface area contributed by atoms with Gasteiger partial charge in [-0.25, -0.2) is 4.39 Å². The van der Waals surface area contributed by atoms with E-state index >= 15 is 0 Å². The fourth-order valence-electron chi connectivity index (χ4n) is 3.04. The van der Waals surface area contributed by atoms with E-state index in [9.17, 15) is 19.2 Å². The number of nitrogens with zero attached hydrogens (tertiary/aromatic N) is 1. The Morgan fingerprint density at radius 1 is 1.35 bits per heavy atom. The Hall–Kier alpha value is -2.62. The SMILES string of the molecule is COc1ccc(CC(=O)O[C@H](C)C(=O)NC2(C#N)CCCCC2)cc1F. The zero-order valence-electron chi connectivity index (χ0n) is 15.0. The monoisotopic (exact) mass is 362 g/mol. The first-order valence-electron chi connectivity index (χ1n) is 8.64. The summed E-state index contributed by atoms with van der Waals surface area (Å²) < 4.78 is 23.6. The summed E-state index contributed by atoms with van der Waals surface area (Å²) in [5.41, 5.74) is -0.462. The van der Waals surface area contributed by atoms with Crippen molar-refractivity contribution in [2.24, 2.45) is 0 Å². The van der Waals surface area contributed by atoms with Crippen molar-refractivity contribution in [3.63, 3.8) is 0 Å². The second-order valence-corrected chi connectivity index (χ2v) is 6.52. The second kappa shape index (κ2) is 8.65. The number of hydrogen-bond donors (Lipinski definition) is 1. The zero-order valence-corrected chi connectivity index (χ0v) is 15.0. The van der Waals surface area contributed by atoms with Crippen LogP contribution >= 0.6 is 0 Å². The zero-order chi connectivity index (χ0) is 19.2. The third kappa shape index (κ3) is 4.94. The first-order chi connectivity index (χ1) is 12.4. The molecular weight excluding hydrogens is 339 g/mol. The Kier molecular flexibility index (Phi) is 6.56. The number of nitriles is 1. The van der Waals surface area contributed by atoms with Gasteiger partial charge in [0, 0.05) is 0 Å². The summed E-state index contributed by atoms with van der Waals surface area (Å²) in [7, 11) is 1.35. The quantitative estimate of drug-likeness (QED) is 0.786. The molecule has 0 saturated heterocycles. The van der Waals surface area contributed by atoms with Gasteiger partial charge in [-0.3, -0.25) is 9.59 Å².